The summed E-state index contributed by atoms with van der Waals surface area (Å²) in [6, 6.07) is 7.47. The summed E-state index contributed by atoms with van der Waals surface area (Å²) in [5, 5.41) is 0. The third kappa shape index (κ3) is 3.69. The molecule has 0 saturated heterocycles. The molecular formula is C15H20O3. The van der Waals surface area contributed by atoms with Crippen LogP contribution in [0, 0.1) is 0 Å². The fourth-order valence-corrected chi connectivity index (χ4v) is 1.86. The lowest BCUT2D eigenvalue weighted by Gasteiger charge is -2.22. The highest BCUT2D eigenvalue weighted by Crippen LogP contribution is 2.18. The summed E-state index contributed by atoms with van der Waals surface area (Å²) in [6.07, 6.45) is 2.08. The Morgan fingerprint density at radius 2 is 1.72 bits per heavy atom. The van der Waals surface area contributed by atoms with E-state index in [2.05, 4.69) is 6.92 Å². The molecule has 0 radical (unpaired) electrons. The van der Waals surface area contributed by atoms with Gasteiger partial charge in [0.1, 0.15) is 0 Å². The first-order valence-electron chi connectivity index (χ1n) is 6.20. The first kappa shape index (κ1) is 14.4. The van der Waals surface area contributed by atoms with Crippen LogP contribution < -0.4 is 0 Å². The third-order valence-corrected chi connectivity index (χ3v) is 2.70. The summed E-state index contributed by atoms with van der Waals surface area (Å²) in [4.78, 5) is 23.2. The van der Waals surface area contributed by atoms with E-state index in [-0.39, 0.29) is 5.78 Å². The predicted molar refractivity (Wildman–Crippen MR) is 70.6 cm³/mol. The zero-order chi connectivity index (χ0) is 13.8. The van der Waals surface area contributed by atoms with Crippen LogP contribution in [0.4, 0.5) is 0 Å². The molecular weight excluding hydrogens is 228 g/mol. The van der Waals surface area contributed by atoms with E-state index in [0.29, 0.717) is 5.56 Å². The lowest BCUT2D eigenvalue weighted by Crippen LogP contribution is -2.36. The van der Waals surface area contributed by atoms with Gasteiger partial charge in [0.2, 0.25) is 5.78 Å². The van der Waals surface area contributed by atoms with Crippen molar-refractivity contribution in [1.82, 2.24) is 0 Å². The smallest absolute Gasteiger partial charge is 0.303 e. The van der Waals surface area contributed by atoms with Crippen LogP contribution in [0.15, 0.2) is 24.3 Å². The Bertz CT molecular complexity index is 430. The Morgan fingerprint density at radius 1 is 1.17 bits per heavy atom. The minimum absolute atomic E-state index is 0.180. The van der Waals surface area contributed by atoms with Gasteiger partial charge in [-0.05, 0) is 25.8 Å². The fourth-order valence-electron chi connectivity index (χ4n) is 1.86. The molecule has 1 aromatic rings. The second-order valence-electron chi connectivity index (χ2n) is 4.88. The van der Waals surface area contributed by atoms with Gasteiger partial charge in [-0.1, -0.05) is 37.6 Å². The van der Waals surface area contributed by atoms with E-state index >= 15 is 0 Å². The average molecular weight is 248 g/mol. The van der Waals surface area contributed by atoms with Crippen molar-refractivity contribution in [2.45, 2.75) is 46.1 Å². The highest BCUT2D eigenvalue weighted by Gasteiger charge is 2.31. The predicted octanol–water partition coefficient (Wildman–Crippen LogP) is 3.16. The number of ketones is 1. The van der Waals surface area contributed by atoms with Gasteiger partial charge >= 0.3 is 5.97 Å². The van der Waals surface area contributed by atoms with Gasteiger partial charge < -0.3 is 4.74 Å². The molecule has 0 amide bonds. The molecule has 0 atom stereocenters. The number of hydrogen-bond acceptors (Lipinski definition) is 3. The molecule has 0 N–H and O–H groups in total. The summed E-state index contributed by atoms with van der Waals surface area (Å²) < 4.78 is 5.04. The molecule has 18 heavy (non-hydrogen) atoms. The maximum atomic E-state index is 12.2. The molecule has 0 unspecified atom stereocenters. The monoisotopic (exact) mass is 248 g/mol. The quantitative estimate of drug-likeness (QED) is 0.594. The van der Waals surface area contributed by atoms with Gasteiger partial charge in [-0.2, -0.15) is 0 Å². The van der Waals surface area contributed by atoms with E-state index in [4.69, 9.17) is 4.74 Å². The molecule has 98 valence electrons. The standard InChI is InChI=1S/C15H20O3/c1-5-6-12-7-9-13(10-8-12)14(17)15(3,4)18-11(2)16/h7-10H,5-6H2,1-4H3. The highest BCUT2D eigenvalue weighted by atomic mass is 16.6. The minimum Gasteiger partial charge on any atom is -0.451 e. The summed E-state index contributed by atoms with van der Waals surface area (Å²) in [6.45, 7) is 6.63. The summed E-state index contributed by atoms with van der Waals surface area (Å²) in [7, 11) is 0. The molecule has 0 spiro atoms. The maximum Gasteiger partial charge on any atom is 0.303 e. The van der Waals surface area contributed by atoms with Crippen LogP contribution in [-0.2, 0) is 16.0 Å². The largest absolute Gasteiger partial charge is 0.451 e. The van der Waals surface area contributed by atoms with Crippen LogP contribution in [0.25, 0.3) is 0 Å². The molecule has 0 aromatic heterocycles. The minimum atomic E-state index is -1.11. The second-order valence-corrected chi connectivity index (χ2v) is 4.88. The Hall–Kier alpha value is -1.64. The normalized spacial score (nSPS) is 11.1. The Labute approximate surface area is 108 Å². The first-order chi connectivity index (χ1) is 8.36. The van der Waals surface area contributed by atoms with Crippen molar-refractivity contribution in [1.29, 1.82) is 0 Å². The lowest BCUT2D eigenvalue weighted by molar-refractivity contribution is -0.149. The number of carbonyl (C=O) groups excluding carboxylic acids is 2. The van der Waals surface area contributed by atoms with Crippen molar-refractivity contribution in [3.63, 3.8) is 0 Å². The van der Waals surface area contributed by atoms with Gasteiger partial charge in [-0.15, -0.1) is 0 Å². The molecule has 1 rings (SSSR count). The molecule has 0 heterocycles. The lowest BCUT2D eigenvalue weighted by atomic mass is 9.95. The van der Waals surface area contributed by atoms with Gasteiger partial charge in [0.05, 0.1) is 0 Å². The van der Waals surface area contributed by atoms with Crippen molar-refractivity contribution in [2.24, 2.45) is 0 Å². The molecule has 0 aliphatic carbocycles. The van der Waals surface area contributed by atoms with E-state index in [1.165, 1.54) is 12.5 Å². The molecule has 0 aliphatic rings. The van der Waals surface area contributed by atoms with E-state index in [0.717, 1.165) is 12.8 Å². The van der Waals surface area contributed by atoms with Crippen LogP contribution in [0.5, 0.6) is 0 Å². The van der Waals surface area contributed by atoms with Gasteiger partial charge in [-0.25, -0.2) is 0 Å². The second kappa shape index (κ2) is 5.80. The Kier molecular flexibility index (Phi) is 4.65. The van der Waals surface area contributed by atoms with Crippen molar-refractivity contribution in [3.8, 4) is 0 Å². The molecule has 3 heteroatoms. The van der Waals surface area contributed by atoms with Gasteiger partial charge in [0, 0.05) is 12.5 Å². The van der Waals surface area contributed by atoms with Gasteiger partial charge in [0.25, 0.3) is 0 Å². The third-order valence-electron chi connectivity index (χ3n) is 2.70. The zero-order valence-electron chi connectivity index (χ0n) is 11.4. The SMILES string of the molecule is CCCc1ccc(C(=O)C(C)(C)OC(C)=O)cc1. The number of benzene rings is 1. The van der Waals surface area contributed by atoms with Gasteiger partial charge in [-0.3, -0.25) is 9.59 Å². The number of Topliss-reactive ketones (excluding diaryl/α,β-unsaturated/α-hetero) is 1. The van der Waals surface area contributed by atoms with Gasteiger partial charge in [0.15, 0.2) is 5.60 Å². The zero-order valence-corrected chi connectivity index (χ0v) is 11.4. The topological polar surface area (TPSA) is 43.4 Å². The van der Waals surface area contributed by atoms with E-state index in [1.54, 1.807) is 26.0 Å². The van der Waals surface area contributed by atoms with Crippen molar-refractivity contribution in [2.75, 3.05) is 0 Å². The fraction of sp³-hybridized carbons (Fsp3) is 0.467. The highest BCUT2D eigenvalue weighted by molar-refractivity contribution is 6.02. The van der Waals surface area contributed by atoms with Crippen molar-refractivity contribution < 1.29 is 14.3 Å². The number of carbonyl (C=O) groups is 2. The summed E-state index contributed by atoms with van der Waals surface area (Å²) in [5.41, 5.74) is 0.665. The first-order valence-corrected chi connectivity index (χ1v) is 6.20. The molecule has 0 bridgehead atoms. The van der Waals surface area contributed by atoms with E-state index in [9.17, 15) is 9.59 Å². The Morgan fingerprint density at radius 3 is 2.17 bits per heavy atom. The van der Waals surface area contributed by atoms with Crippen LogP contribution in [-0.4, -0.2) is 17.4 Å². The van der Waals surface area contributed by atoms with Crippen LogP contribution in [0.3, 0.4) is 0 Å². The number of ether oxygens (including phenoxy) is 1. The van der Waals surface area contributed by atoms with E-state index in [1.807, 2.05) is 12.1 Å². The van der Waals surface area contributed by atoms with Crippen LogP contribution >= 0.6 is 0 Å². The van der Waals surface area contributed by atoms with Crippen LogP contribution in [0.2, 0.25) is 0 Å². The molecule has 0 fully saturated rings. The number of hydrogen-bond donors (Lipinski definition) is 0. The molecule has 3 nitrogen and oxygen atoms in total. The van der Waals surface area contributed by atoms with Crippen molar-refractivity contribution in [3.05, 3.63) is 35.4 Å². The Balaban J connectivity index is 2.86. The molecule has 0 aliphatic heterocycles. The summed E-state index contributed by atoms with van der Waals surface area (Å²) in [5.74, 6) is -0.628. The van der Waals surface area contributed by atoms with Crippen molar-refractivity contribution >= 4 is 11.8 Å². The molecule has 0 saturated carbocycles. The van der Waals surface area contributed by atoms with Crippen LogP contribution in [0.1, 0.15) is 50.0 Å². The number of esters is 1. The summed E-state index contributed by atoms with van der Waals surface area (Å²) >= 11 is 0. The number of aryl methyl sites for hydroxylation is 1. The van der Waals surface area contributed by atoms with E-state index < -0.39 is 11.6 Å². The molecule has 1 aromatic carbocycles. The maximum absolute atomic E-state index is 12.2. The average Bonchev–Trinajstić information content (AvgIpc) is 2.28. The number of rotatable bonds is 5.